The molecule has 0 aliphatic carbocycles. The van der Waals surface area contributed by atoms with Crippen molar-refractivity contribution in [3.8, 4) is 5.75 Å². The molecule has 11 nitrogen and oxygen atoms in total. The smallest absolute Gasteiger partial charge is 0.263 e. The van der Waals surface area contributed by atoms with Crippen molar-refractivity contribution in [3.63, 3.8) is 0 Å². The van der Waals surface area contributed by atoms with Crippen molar-refractivity contribution in [1.29, 1.82) is 0 Å². The lowest BCUT2D eigenvalue weighted by Gasteiger charge is -2.28. The molecular weight excluding hydrogens is 470 g/mol. The predicted molar refractivity (Wildman–Crippen MR) is 131 cm³/mol. The number of imidazole rings is 1. The number of hydrogen-bond donors (Lipinski definition) is 2. The van der Waals surface area contributed by atoms with Crippen LogP contribution in [0.25, 0.3) is 0 Å². The molecule has 4 aromatic rings. The summed E-state index contributed by atoms with van der Waals surface area (Å²) in [6.07, 6.45) is 8.35. The number of amides is 1. The number of nitrogens with zero attached hydrogens (tertiary/aromatic N) is 7. The number of ether oxygens (including phenoxy) is 1. The molecule has 1 aliphatic rings. The molecule has 0 unspecified atom stereocenters. The van der Waals surface area contributed by atoms with Crippen LogP contribution in [0, 0.1) is 0 Å². The number of fused-ring (bicyclic) bond motifs is 1. The molecule has 1 amide bonds. The van der Waals surface area contributed by atoms with Gasteiger partial charge in [0.25, 0.3) is 5.91 Å². The third kappa shape index (κ3) is 4.99. The molecule has 4 heterocycles. The van der Waals surface area contributed by atoms with Crippen LogP contribution >= 0.6 is 11.6 Å². The van der Waals surface area contributed by atoms with Crippen molar-refractivity contribution in [1.82, 2.24) is 29.5 Å². The van der Waals surface area contributed by atoms with Gasteiger partial charge < -0.3 is 19.5 Å². The van der Waals surface area contributed by atoms with Gasteiger partial charge in [0.2, 0.25) is 11.9 Å². The van der Waals surface area contributed by atoms with Gasteiger partial charge in [0, 0.05) is 50.6 Å². The number of hydrogen-bond acceptors (Lipinski definition) is 9. The van der Waals surface area contributed by atoms with Crippen LogP contribution < -0.4 is 20.3 Å². The third-order valence-electron chi connectivity index (χ3n) is 5.52. The van der Waals surface area contributed by atoms with E-state index in [0.29, 0.717) is 35.6 Å². The van der Waals surface area contributed by atoms with Crippen LogP contribution in [0.3, 0.4) is 0 Å². The average molecular weight is 492 g/mol. The van der Waals surface area contributed by atoms with E-state index in [1.54, 1.807) is 43.9 Å². The summed E-state index contributed by atoms with van der Waals surface area (Å²) in [5, 5.41) is 6.44. The minimum atomic E-state index is -0.424. The lowest BCUT2D eigenvalue weighted by molar-refractivity contribution is 0.102. The number of carbonyl (C=O) groups is 1. The molecule has 0 fully saturated rings. The standard InChI is InChI=1S/C23H22ClN9O2/c1-35-18-4-3-15(11-17(18)24)12-28-20-16(21(34)31-22-26-5-2-6-27-22)13-29-23(30-20)33-10-9-32-8-7-25-19(32)14-33/h2-8,11,13H,9-10,12,14H2,1H3,(H,28,29,30)(H,26,27,31,34). The Morgan fingerprint density at radius 2 is 2.00 bits per heavy atom. The average Bonchev–Trinajstić information content (AvgIpc) is 3.36. The van der Waals surface area contributed by atoms with E-state index < -0.39 is 5.91 Å². The van der Waals surface area contributed by atoms with Gasteiger partial charge in [-0.15, -0.1) is 0 Å². The summed E-state index contributed by atoms with van der Waals surface area (Å²) < 4.78 is 7.32. The summed E-state index contributed by atoms with van der Waals surface area (Å²) in [4.78, 5) is 36.7. The van der Waals surface area contributed by atoms with E-state index in [4.69, 9.17) is 21.3 Å². The van der Waals surface area contributed by atoms with E-state index in [1.165, 1.54) is 6.20 Å². The second-order valence-corrected chi connectivity index (χ2v) is 8.15. The SMILES string of the molecule is COc1ccc(CNc2nc(N3CCn4ccnc4C3)ncc2C(=O)Nc2ncccn2)cc1Cl. The van der Waals surface area contributed by atoms with Crippen molar-refractivity contribution in [2.24, 2.45) is 0 Å². The summed E-state index contributed by atoms with van der Waals surface area (Å²) in [6.45, 7) is 2.45. The normalized spacial score (nSPS) is 12.7. The number of rotatable bonds is 7. The van der Waals surface area contributed by atoms with E-state index in [9.17, 15) is 4.79 Å². The van der Waals surface area contributed by atoms with Gasteiger partial charge in [-0.1, -0.05) is 17.7 Å². The number of benzene rings is 1. The molecule has 3 aromatic heterocycles. The number of anilines is 3. The highest BCUT2D eigenvalue weighted by molar-refractivity contribution is 6.32. The van der Waals surface area contributed by atoms with Gasteiger partial charge in [0.05, 0.1) is 18.7 Å². The molecule has 12 heteroatoms. The van der Waals surface area contributed by atoms with Gasteiger partial charge in [-0.25, -0.2) is 19.9 Å². The first-order chi connectivity index (χ1) is 17.1. The Bertz CT molecular complexity index is 1350. The Morgan fingerprint density at radius 3 is 2.80 bits per heavy atom. The highest BCUT2D eigenvalue weighted by atomic mass is 35.5. The highest BCUT2D eigenvalue weighted by Crippen LogP contribution is 2.26. The molecule has 0 bridgehead atoms. The Morgan fingerprint density at radius 1 is 1.14 bits per heavy atom. The first-order valence-corrected chi connectivity index (χ1v) is 11.2. The first-order valence-electron chi connectivity index (χ1n) is 10.9. The maximum atomic E-state index is 13.0. The maximum Gasteiger partial charge on any atom is 0.263 e. The minimum absolute atomic E-state index is 0.192. The number of carbonyl (C=O) groups excluding carboxylic acids is 1. The van der Waals surface area contributed by atoms with Crippen molar-refractivity contribution >= 4 is 35.2 Å². The van der Waals surface area contributed by atoms with Gasteiger partial charge in [0.1, 0.15) is 23.0 Å². The van der Waals surface area contributed by atoms with Gasteiger partial charge in [0.15, 0.2) is 0 Å². The second kappa shape index (κ2) is 9.94. The molecule has 0 atom stereocenters. The van der Waals surface area contributed by atoms with E-state index >= 15 is 0 Å². The largest absolute Gasteiger partial charge is 0.495 e. The van der Waals surface area contributed by atoms with Crippen molar-refractivity contribution in [3.05, 3.63) is 77.2 Å². The van der Waals surface area contributed by atoms with Crippen LogP contribution in [0.2, 0.25) is 5.02 Å². The summed E-state index contributed by atoms with van der Waals surface area (Å²) in [6, 6.07) is 7.16. The molecule has 0 radical (unpaired) electrons. The van der Waals surface area contributed by atoms with Crippen molar-refractivity contribution in [2.75, 3.05) is 29.2 Å². The summed E-state index contributed by atoms with van der Waals surface area (Å²) in [5.74, 6) is 2.17. The molecule has 0 saturated carbocycles. The van der Waals surface area contributed by atoms with Crippen LogP contribution in [0.15, 0.2) is 55.2 Å². The molecule has 0 spiro atoms. The van der Waals surface area contributed by atoms with Crippen LogP contribution in [0.1, 0.15) is 21.7 Å². The van der Waals surface area contributed by atoms with Gasteiger partial charge >= 0.3 is 0 Å². The third-order valence-corrected chi connectivity index (χ3v) is 5.81. The monoisotopic (exact) mass is 491 g/mol. The van der Waals surface area contributed by atoms with E-state index in [1.807, 2.05) is 17.2 Å². The fourth-order valence-corrected chi connectivity index (χ4v) is 3.99. The topological polar surface area (TPSA) is 123 Å². The lowest BCUT2D eigenvalue weighted by atomic mass is 10.2. The van der Waals surface area contributed by atoms with Crippen LogP contribution in [-0.2, 0) is 19.6 Å². The summed E-state index contributed by atoms with van der Waals surface area (Å²) in [7, 11) is 1.57. The van der Waals surface area contributed by atoms with Crippen molar-refractivity contribution < 1.29 is 9.53 Å². The minimum Gasteiger partial charge on any atom is -0.495 e. The van der Waals surface area contributed by atoms with Crippen molar-refractivity contribution in [2.45, 2.75) is 19.6 Å². The van der Waals surface area contributed by atoms with Crippen LogP contribution in [0.4, 0.5) is 17.7 Å². The number of aromatic nitrogens is 6. The molecule has 0 saturated heterocycles. The molecule has 5 rings (SSSR count). The van der Waals surface area contributed by atoms with Crippen LogP contribution in [-0.4, -0.2) is 49.0 Å². The Kier molecular flexibility index (Phi) is 6.40. The van der Waals surface area contributed by atoms with Gasteiger partial charge in [-0.3, -0.25) is 10.1 Å². The molecule has 178 valence electrons. The Balaban J connectivity index is 1.41. The zero-order valence-electron chi connectivity index (χ0n) is 18.8. The van der Waals surface area contributed by atoms with Gasteiger partial charge in [-0.2, -0.15) is 4.98 Å². The van der Waals surface area contributed by atoms with E-state index in [2.05, 4.69) is 35.1 Å². The van der Waals surface area contributed by atoms with Crippen LogP contribution in [0.5, 0.6) is 5.75 Å². The fourth-order valence-electron chi connectivity index (χ4n) is 3.71. The predicted octanol–water partition coefficient (Wildman–Crippen LogP) is 3.01. The first kappa shape index (κ1) is 22.5. The Hall–Kier alpha value is -4.25. The summed E-state index contributed by atoms with van der Waals surface area (Å²) in [5.41, 5.74) is 1.16. The summed E-state index contributed by atoms with van der Waals surface area (Å²) >= 11 is 6.27. The molecule has 35 heavy (non-hydrogen) atoms. The quantitative estimate of drug-likeness (QED) is 0.401. The van der Waals surface area contributed by atoms with Gasteiger partial charge in [-0.05, 0) is 23.8 Å². The molecule has 1 aliphatic heterocycles. The zero-order chi connectivity index (χ0) is 24.2. The zero-order valence-corrected chi connectivity index (χ0v) is 19.6. The molecule has 1 aromatic carbocycles. The number of nitrogens with one attached hydrogen (secondary N) is 2. The fraction of sp³-hybridized carbons (Fsp3) is 0.217. The van der Waals surface area contributed by atoms with E-state index in [-0.39, 0.29) is 11.5 Å². The second-order valence-electron chi connectivity index (χ2n) is 7.74. The van der Waals surface area contributed by atoms with E-state index in [0.717, 1.165) is 24.5 Å². The Labute approximate surface area is 206 Å². The molecule has 2 N–H and O–H groups in total. The number of halogens is 1. The molecular formula is C23H22ClN9O2. The maximum absolute atomic E-state index is 13.0. The number of methoxy groups -OCH3 is 1. The highest BCUT2D eigenvalue weighted by Gasteiger charge is 2.22. The lowest BCUT2D eigenvalue weighted by Crippen LogP contribution is -2.35.